The van der Waals surface area contributed by atoms with Crippen molar-refractivity contribution in [2.24, 2.45) is 17.6 Å². The van der Waals surface area contributed by atoms with Gasteiger partial charge in [0.05, 0.1) is 18.8 Å². The van der Waals surface area contributed by atoms with Crippen molar-refractivity contribution in [3.63, 3.8) is 0 Å². The van der Waals surface area contributed by atoms with Gasteiger partial charge in [-0.05, 0) is 44.1 Å². The van der Waals surface area contributed by atoms with Crippen molar-refractivity contribution in [2.75, 3.05) is 6.61 Å². The Kier molecular flexibility index (Phi) is 19.6. The average Bonchev–Trinajstić information content (AvgIpc) is 3.08. The zero-order valence-corrected chi connectivity index (χ0v) is 30.4. The van der Waals surface area contributed by atoms with Crippen molar-refractivity contribution in [2.45, 2.75) is 110 Å². The van der Waals surface area contributed by atoms with E-state index >= 15 is 0 Å². The molecule has 18 heteroatoms. The van der Waals surface area contributed by atoms with E-state index in [2.05, 4.69) is 31.9 Å². The van der Waals surface area contributed by atoms with Crippen LogP contribution in [-0.2, 0) is 40.1 Å². The number of carbonyl (C=O) groups is 7. The highest BCUT2D eigenvalue weighted by Crippen LogP contribution is 2.10. The number of aliphatic hydroxyl groups excluding tert-OH is 2. The lowest BCUT2D eigenvalue weighted by Crippen LogP contribution is -2.61. The predicted molar refractivity (Wildman–Crippen MR) is 189 cm³/mol. The van der Waals surface area contributed by atoms with E-state index in [1.807, 2.05) is 13.8 Å². The quantitative estimate of drug-likeness (QED) is 0.0629. The van der Waals surface area contributed by atoms with Gasteiger partial charge in [0.25, 0.3) is 0 Å². The van der Waals surface area contributed by atoms with Crippen LogP contribution in [0.4, 0.5) is 4.79 Å². The summed E-state index contributed by atoms with van der Waals surface area (Å²) in [7, 11) is 0. The van der Waals surface area contributed by atoms with Crippen LogP contribution in [0.5, 0.6) is 0 Å². The minimum absolute atomic E-state index is 0.0394. The molecular formula is C34H54N8O10. The minimum atomic E-state index is -1.60. The lowest BCUT2D eigenvalue weighted by Gasteiger charge is -2.28. The van der Waals surface area contributed by atoms with Gasteiger partial charge in [-0.15, -0.1) is 0 Å². The molecule has 7 amide bonds. The van der Waals surface area contributed by atoms with Crippen LogP contribution in [0.1, 0.15) is 66.4 Å². The fraction of sp³-hybridized carbons (Fsp3) is 0.588. The zero-order valence-electron chi connectivity index (χ0n) is 30.4. The maximum Gasteiger partial charge on any atom is 0.408 e. The summed E-state index contributed by atoms with van der Waals surface area (Å²) in [4.78, 5) is 88.9. The van der Waals surface area contributed by atoms with Crippen LogP contribution in [0.15, 0.2) is 30.3 Å². The summed E-state index contributed by atoms with van der Waals surface area (Å²) in [5.74, 6) is -5.19. The molecule has 0 aromatic heterocycles. The molecule has 0 aliphatic carbocycles. The van der Waals surface area contributed by atoms with Gasteiger partial charge in [-0.2, -0.15) is 0 Å². The molecule has 0 aliphatic heterocycles. The van der Waals surface area contributed by atoms with Crippen molar-refractivity contribution in [3.05, 3.63) is 35.9 Å². The first kappa shape index (κ1) is 44.9. The molecule has 0 fully saturated rings. The van der Waals surface area contributed by atoms with E-state index in [9.17, 15) is 43.8 Å². The summed E-state index contributed by atoms with van der Waals surface area (Å²) < 4.78 is 5.08. The van der Waals surface area contributed by atoms with Gasteiger partial charge in [-0.25, -0.2) is 4.79 Å². The molecule has 11 N–H and O–H groups in total. The number of nitrogens with one attached hydrogen (secondary N) is 7. The van der Waals surface area contributed by atoms with Crippen LogP contribution in [0.3, 0.4) is 0 Å². The van der Waals surface area contributed by atoms with E-state index in [0.717, 1.165) is 6.21 Å². The summed E-state index contributed by atoms with van der Waals surface area (Å²) >= 11 is 0. The molecule has 3 unspecified atom stereocenters. The molecule has 0 aliphatic rings. The van der Waals surface area contributed by atoms with E-state index in [0.29, 0.717) is 5.56 Å². The average molecular weight is 735 g/mol. The molecule has 7 atom stereocenters. The van der Waals surface area contributed by atoms with Crippen LogP contribution < -0.4 is 37.6 Å². The summed E-state index contributed by atoms with van der Waals surface area (Å²) in [5, 5.41) is 42.1. The molecule has 290 valence electrons. The zero-order chi connectivity index (χ0) is 39.5. The number of amides is 7. The van der Waals surface area contributed by atoms with E-state index in [1.165, 1.54) is 13.8 Å². The van der Waals surface area contributed by atoms with Crippen LogP contribution in [0.25, 0.3) is 0 Å². The van der Waals surface area contributed by atoms with Gasteiger partial charge in [-0.3, -0.25) is 28.8 Å². The summed E-state index contributed by atoms with van der Waals surface area (Å²) in [6, 6.07) is 1.27. The second kappa shape index (κ2) is 22.7. The molecule has 1 aromatic carbocycles. The normalized spacial score (nSPS) is 15.0. The highest BCUT2D eigenvalue weighted by Gasteiger charge is 2.33. The second-order valence-electron chi connectivity index (χ2n) is 13.1. The Labute approximate surface area is 303 Å². The van der Waals surface area contributed by atoms with Crippen LogP contribution in [-0.4, -0.2) is 107 Å². The first-order valence-electron chi connectivity index (χ1n) is 17.0. The fourth-order valence-electron chi connectivity index (χ4n) is 4.69. The van der Waals surface area contributed by atoms with Gasteiger partial charge in [0, 0.05) is 12.6 Å². The third-order valence-electron chi connectivity index (χ3n) is 7.64. The summed E-state index contributed by atoms with van der Waals surface area (Å²) in [6.45, 7) is 8.49. The van der Waals surface area contributed by atoms with Crippen molar-refractivity contribution in [3.8, 4) is 0 Å². The maximum atomic E-state index is 13.4. The van der Waals surface area contributed by atoms with Crippen LogP contribution in [0.2, 0.25) is 0 Å². The first-order chi connectivity index (χ1) is 24.4. The Morgan fingerprint density at radius 3 is 1.87 bits per heavy atom. The van der Waals surface area contributed by atoms with Gasteiger partial charge in [0.1, 0.15) is 36.8 Å². The molecule has 1 rings (SSSR count). The minimum Gasteiger partial charge on any atom is -0.445 e. The Hall–Kier alpha value is -5.10. The van der Waals surface area contributed by atoms with E-state index in [4.69, 9.17) is 15.9 Å². The smallest absolute Gasteiger partial charge is 0.408 e. The summed E-state index contributed by atoms with van der Waals surface area (Å²) in [6.07, 6.45) is -1.23. The van der Waals surface area contributed by atoms with Crippen molar-refractivity contribution < 1.29 is 48.5 Å². The molecule has 0 bridgehead atoms. The number of rotatable bonds is 22. The Morgan fingerprint density at radius 2 is 1.35 bits per heavy atom. The maximum absolute atomic E-state index is 13.4. The van der Waals surface area contributed by atoms with Gasteiger partial charge in [0.2, 0.25) is 35.4 Å². The van der Waals surface area contributed by atoms with Crippen molar-refractivity contribution >= 4 is 47.8 Å². The monoisotopic (exact) mass is 734 g/mol. The number of aliphatic hydroxyl groups is 2. The Morgan fingerprint density at radius 1 is 0.769 bits per heavy atom. The molecule has 18 nitrogen and oxygen atoms in total. The number of hydrogen-bond acceptors (Lipinski definition) is 11. The standard InChI is InChI=1S/C34H54N8O10/c1-18(2)14-24(30(47)38-23(15-35)12-13-26(36)45)39-32(49)27(19(3)4)41-29(46)20(5)37-31(48)25(16-43)40-33(50)28(21(6)44)42-34(51)52-17-22-10-8-7-9-11-22/h7-11,15,18-21,23-25,27-28,35,43-44H,12-14,16-17H2,1-6H3,(H2,36,45)(H,37,48)(H,38,47)(H,39,49)(H,40,50)(H,41,46)(H,42,51)/t20-,21?,23-,24-,25?,27-,28?/m0/s1. The second-order valence-corrected chi connectivity index (χ2v) is 13.1. The number of nitrogens with two attached hydrogens (primary N) is 1. The van der Waals surface area contributed by atoms with Gasteiger partial charge >= 0.3 is 6.09 Å². The third kappa shape index (κ3) is 16.3. The van der Waals surface area contributed by atoms with Gasteiger partial charge in [-0.1, -0.05) is 58.0 Å². The first-order valence-corrected chi connectivity index (χ1v) is 17.0. The SMILES string of the molecule is CC(C)C[C@H](NC(=O)[C@@H](NC(=O)[C@H](C)NC(=O)C(CO)NC(=O)C(NC(=O)OCc1ccccc1)C(C)O)C(C)C)C(=O)N[C@H](C=N)CCC(N)=O. The molecule has 1 aromatic rings. The molecule has 0 spiro atoms. The molecule has 0 radical (unpaired) electrons. The van der Waals surface area contributed by atoms with Gasteiger partial charge < -0.3 is 58.0 Å². The van der Waals surface area contributed by atoms with Crippen LogP contribution in [0, 0.1) is 17.2 Å². The molecule has 0 heterocycles. The number of alkyl carbamates (subject to hydrolysis) is 1. The lowest BCUT2D eigenvalue weighted by molar-refractivity contribution is -0.136. The predicted octanol–water partition coefficient (Wildman–Crippen LogP) is -1.28. The number of ether oxygens (including phenoxy) is 1. The summed E-state index contributed by atoms with van der Waals surface area (Å²) in [5.41, 5.74) is 5.85. The highest BCUT2D eigenvalue weighted by atomic mass is 16.5. The van der Waals surface area contributed by atoms with Crippen molar-refractivity contribution in [1.82, 2.24) is 31.9 Å². The highest BCUT2D eigenvalue weighted by molar-refractivity contribution is 5.96. The lowest BCUT2D eigenvalue weighted by atomic mass is 9.99. The largest absolute Gasteiger partial charge is 0.445 e. The third-order valence-corrected chi connectivity index (χ3v) is 7.64. The molecular weight excluding hydrogens is 680 g/mol. The number of benzene rings is 1. The van der Waals surface area contributed by atoms with Gasteiger partial charge in [0.15, 0.2) is 0 Å². The van der Waals surface area contributed by atoms with Crippen molar-refractivity contribution in [1.29, 1.82) is 5.41 Å². The number of primary amides is 1. The fourth-order valence-corrected chi connectivity index (χ4v) is 4.69. The van der Waals surface area contributed by atoms with E-state index in [1.54, 1.807) is 44.2 Å². The van der Waals surface area contributed by atoms with E-state index < -0.39 is 96.4 Å². The Balaban J connectivity index is 2.89. The molecule has 0 saturated carbocycles. The molecule has 0 saturated heterocycles. The number of carbonyl (C=O) groups excluding carboxylic acids is 7. The van der Waals surface area contributed by atoms with E-state index in [-0.39, 0.29) is 31.8 Å². The Bertz CT molecular complexity index is 1370. The number of hydrogen-bond donors (Lipinski definition) is 10. The topological polar surface area (TPSA) is 291 Å². The molecule has 52 heavy (non-hydrogen) atoms. The van der Waals surface area contributed by atoms with Crippen LogP contribution >= 0.6 is 0 Å².